The predicted octanol–water partition coefficient (Wildman–Crippen LogP) is 3.12. The van der Waals surface area contributed by atoms with E-state index in [2.05, 4.69) is 0 Å². The van der Waals surface area contributed by atoms with Gasteiger partial charge in [-0.3, -0.25) is 0 Å². The van der Waals surface area contributed by atoms with Crippen LogP contribution in [-0.2, 0) is 5.41 Å². The van der Waals surface area contributed by atoms with Crippen molar-refractivity contribution in [3.8, 4) is 5.75 Å². The van der Waals surface area contributed by atoms with Crippen molar-refractivity contribution < 1.29 is 9.53 Å². The van der Waals surface area contributed by atoms with Crippen molar-refractivity contribution in [2.75, 3.05) is 0 Å². The molecule has 2 aromatic rings. The number of rotatable bonds is 3. The Kier molecular flexibility index (Phi) is 4.64. The van der Waals surface area contributed by atoms with Gasteiger partial charge in [-0.2, -0.15) is 0 Å². The normalized spacial score (nSPS) is 11.5. The van der Waals surface area contributed by atoms with Gasteiger partial charge >= 0.3 is 5.97 Å². The topological polar surface area (TPSA) is 78.3 Å². The molecule has 116 valence electrons. The highest BCUT2D eigenvalue weighted by Crippen LogP contribution is 2.33. The Bertz CT molecular complexity index is 659. The molecule has 0 bridgehead atoms. The number of esters is 1. The molecule has 0 atom stereocenters. The highest BCUT2D eigenvalue weighted by Gasteiger charge is 2.22. The van der Waals surface area contributed by atoms with Gasteiger partial charge in [-0.15, -0.1) is 0 Å². The van der Waals surface area contributed by atoms with E-state index >= 15 is 0 Å². The van der Waals surface area contributed by atoms with E-state index < -0.39 is 6.17 Å². The lowest BCUT2D eigenvalue weighted by Gasteiger charge is -2.23. The summed E-state index contributed by atoms with van der Waals surface area (Å²) in [4.78, 5) is 12.2. The first-order chi connectivity index (χ1) is 10.3. The van der Waals surface area contributed by atoms with E-state index in [4.69, 9.17) is 16.2 Å². The van der Waals surface area contributed by atoms with Gasteiger partial charge in [-0.05, 0) is 35.2 Å². The summed E-state index contributed by atoms with van der Waals surface area (Å²) in [5, 5.41) is 0. The Balaban J connectivity index is 2.36. The average Bonchev–Trinajstić information content (AvgIpc) is 2.47. The molecule has 0 amide bonds. The fourth-order valence-corrected chi connectivity index (χ4v) is 2.16. The molecule has 4 N–H and O–H groups in total. The van der Waals surface area contributed by atoms with Crippen molar-refractivity contribution in [2.24, 2.45) is 11.5 Å². The van der Waals surface area contributed by atoms with Crippen LogP contribution in [0, 0.1) is 0 Å². The van der Waals surface area contributed by atoms with Crippen LogP contribution in [0.25, 0.3) is 0 Å². The second-order valence-corrected chi connectivity index (χ2v) is 6.29. The Hall–Kier alpha value is -2.17. The third-order valence-electron chi connectivity index (χ3n) is 3.41. The maximum Gasteiger partial charge on any atom is 0.343 e. The quantitative estimate of drug-likeness (QED) is 0.518. The van der Waals surface area contributed by atoms with E-state index in [1.165, 1.54) is 0 Å². The zero-order valence-electron chi connectivity index (χ0n) is 13.2. The number of hydrogen-bond acceptors (Lipinski definition) is 4. The SMILES string of the molecule is CC(C)(C)c1cc(C(N)N)ccc1OC(=O)c1ccccc1. The van der Waals surface area contributed by atoms with Crippen LogP contribution in [0.5, 0.6) is 5.75 Å². The van der Waals surface area contributed by atoms with E-state index in [0.29, 0.717) is 11.3 Å². The first-order valence-electron chi connectivity index (χ1n) is 7.22. The molecule has 0 fully saturated rings. The van der Waals surface area contributed by atoms with Crippen molar-refractivity contribution in [3.05, 3.63) is 65.2 Å². The second kappa shape index (κ2) is 6.30. The third kappa shape index (κ3) is 3.72. The molecule has 0 saturated carbocycles. The van der Waals surface area contributed by atoms with E-state index in [-0.39, 0.29) is 11.4 Å². The Labute approximate surface area is 131 Å². The molecule has 2 rings (SSSR count). The molecular formula is C18H22N2O2. The average molecular weight is 298 g/mol. The van der Waals surface area contributed by atoms with Crippen LogP contribution in [0.4, 0.5) is 0 Å². The fourth-order valence-electron chi connectivity index (χ4n) is 2.16. The van der Waals surface area contributed by atoms with Gasteiger partial charge in [-0.1, -0.05) is 45.0 Å². The van der Waals surface area contributed by atoms with Gasteiger partial charge in [0.15, 0.2) is 0 Å². The first kappa shape index (κ1) is 16.2. The lowest BCUT2D eigenvalue weighted by Crippen LogP contribution is -2.22. The smallest absolute Gasteiger partial charge is 0.343 e. The zero-order chi connectivity index (χ0) is 16.3. The maximum atomic E-state index is 12.2. The molecule has 0 heterocycles. The minimum Gasteiger partial charge on any atom is -0.423 e. The van der Waals surface area contributed by atoms with Gasteiger partial charge in [-0.25, -0.2) is 4.79 Å². The molecule has 22 heavy (non-hydrogen) atoms. The summed E-state index contributed by atoms with van der Waals surface area (Å²) in [5.74, 6) is 0.154. The van der Waals surface area contributed by atoms with Crippen LogP contribution in [0.2, 0.25) is 0 Å². The largest absolute Gasteiger partial charge is 0.423 e. The third-order valence-corrected chi connectivity index (χ3v) is 3.41. The maximum absolute atomic E-state index is 12.2. The molecule has 0 aliphatic rings. The number of carbonyl (C=O) groups excluding carboxylic acids is 1. The number of nitrogens with two attached hydrogens (primary N) is 2. The summed E-state index contributed by atoms with van der Waals surface area (Å²) in [6, 6.07) is 14.4. The van der Waals surface area contributed by atoms with Gasteiger partial charge in [0.2, 0.25) is 0 Å². The minimum atomic E-state index is -0.556. The molecule has 0 aliphatic heterocycles. The monoisotopic (exact) mass is 298 g/mol. The van der Waals surface area contributed by atoms with Crippen LogP contribution in [0.1, 0.15) is 48.4 Å². The Morgan fingerprint density at radius 2 is 1.68 bits per heavy atom. The Morgan fingerprint density at radius 1 is 1.05 bits per heavy atom. The number of carbonyl (C=O) groups is 1. The van der Waals surface area contributed by atoms with Gasteiger partial charge in [0.25, 0.3) is 0 Å². The second-order valence-electron chi connectivity index (χ2n) is 6.29. The van der Waals surface area contributed by atoms with Gasteiger partial charge in [0, 0.05) is 5.56 Å². The summed E-state index contributed by atoms with van der Waals surface area (Å²) < 4.78 is 5.57. The number of hydrogen-bond donors (Lipinski definition) is 2. The molecule has 2 aromatic carbocycles. The van der Waals surface area contributed by atoms with Crippen LogP contribution in [0.3, 0.4) is 0 Å². The molecular weight excluding hydrogens is 276 g/mol. The molecule has 0 spiro atoms. The van der Waals surface area contributed by atoms with Gasteiger partial charge in [0.1, 0.15) is 5.75 Å². The van der Waals surface area contributed by atoms with E-state index in [1.807, 2.05) is 32.9 Å². The van der Waals surface area contributed by atoms with Crippen LogP contribution in [-0.4, -0.2) is 5.97 Å². The minimum absolute atomic E-state index is 0.197. The summed E-state index contributed by atoms with van der Waals surface area (Å²) in [6.45, 7) is 6.15. The zero-order valence-corrected chi connectivity index (χ0v) is 13.2. The van der Waals surface area contributed by atoms with E-state index in [0.717, 1.165) is 11.1 Å². The number of benzene rings is 2. The molecule has 0 saturated heterocycles. The molecule has 0 aromatic heterocycles. The highest BCUT2D eigenvalue weighted by atomic mass is 16.5. The van der Waals surface area contributed by atoms with Crippen molar-refractivity contribution in [2.45, 2.75) is 32.4 Å². The van der Waals surface area contributed by atoms with Crippen molar-refractivity contribution in [1.82, 2.24) is 0 Å². The molecule has 0 aliphatic carbocycles. The van der Waals surface area contributed by atoms with E-state index in [1.54, 1.807) is 36.4 Å². The van der Waals surface area contributed by atoms with Crippen molar-refractivity contribution >= 4 is 5.97 Å². The van der Waals surface area contributed by atoms with Gasteiger partial charge in [0.05, 0.1) is 11.7 Å². The summed E-state index contributed by atoms with van der Waals surface area (Å²) >= 11 is 0. The molecule has 0 radical (unpaired) electrons. The standard InChI is InChI=1S/C18H22N2O2/c1-18(2,3)14-11-13(16(19)20)9-10-15(14)22-17(21)12-7-5-4-6-8-12/h4-11,16H,19-20H2,1-3H3. The van der Waals surface area contributed by atoms with Crippen LogP contribution < -0.4 is 16.2 Å². The van der Waals surface area contributed by atoms with E-state index in [9.17, 15) is 4.79 Å². The van der Waals surface area contributed by atoms with Crippen LogP contribution in [0.15, 0.2) is 48.5 Å². The molecule has 4 nitrogen and oxygen atoms in total. The molecule has 4 heteroatoms. The van der Waals surface area contributed by atoms with Crippen molar-refractivity contribution in [3.63, 3.8) is 0 Å². The fraction of sp³-hybridized carbons (Fsp3) is 0.278. The Morgan fingerprint density at radius 3 is 2.23 bits per heavy atom. The molecule has 0 unspecified atom stereocenters. The highest BCUT2D eigenvalue weighted by molar-refractivity contribution is 5.91. The summed E-state index contributed by atoms with van der Waals surface area (Å²) in [6.07, 6.45) is -0.556. The lowest BCUT2D eigenvalue weighted by atomic mass is 9.85. The van der Waals surface area contributed by atoms with Crippen molar-refractivity contribution in [1.29, 1.82) is 0 Å². The van der Waals surface area contributed by atoms with Gasteiger partial charge < -0.3 is 16.2 Å². The summed E-state index contributed by atoms with van der Waals surface area (Å²) in [7, 11) is 0. The number of ether oxygens (including phenoxy) is 1. The lowest BCUT2D eigenvalue weighted by molar-refractivity contribution is 0.0732. The van der Waals surface area contributed by atoms with Crippen LogP contribution >= 0.6 is 0 Å². The first-order valence-corrected chi connectivity index (χ1v) is 7.22. The predicted molar refractivity (Wildman–Crippen MR) is 87.7 cm³/mol. The summed E-state index contributed by atoms with van der Waals surface area (Å²) in [5.41, 5.74) is 13.5.